The van der Waals surface area contributed by atoms with Crippen LogP contribution in [-0.2, 0) is 16.1 Å². The van der Waals surface area contributed by atoms with E-state index in [-0.39, 0.29) is 26.1 Å². The number of carbonyl (C=O) groups is 2. The lowest BCUT2D eigenvalue weighted by Crippen LogP contribution is -2.46. The van der Waals surface area contributed by atoms with Gasteiger partial charge in [-0.15, -0.1) is 0 Å². The first kappa shape index (κ1) is 13.4. The molecule has 0 radical (unpaired) electrons. The lowest BCUT2D eigenvalue weighted by molar-refractivity contribution is -0.134. The molecular weight excluding hydrogens is 248 g/mol. The summed E-state index contributed by atoms with van der Waals surface area (Å²) in [6.45, 7) is 0.300. The minimum atomic E-state index is -1.63. The molecule has 6 nitrogen and oxygen atoms in total. The summed E-state index contributed by atoms with van der Waals surface area (Å²) in [5.74, 6) is -0.814. The van der Waals surface area contributed by atoms with Crippen molar-refractivity contribution >= 4 is 12.0 Å². The van der Waals surface area contributed by atoms with Gasteiger partial charge in [-0.3, -0.25) is 4.79 Å². The SMILES string of the molecule is NC(=O)C1(O)CCN(C(=O)OCc2ccccc2)C1. The number of rotatable bonds is 3. The molecule has 1 aromatic carbocycles. The third-order valence-corrected chi connectivity index (χ3v) is 3.17. The first-order valence-corrected chi connectivity index (χ1v) is 5.99. The van der Waals surface area contributed by atoms with E-state index < -0.39 is 17.6 Å². The van der Waals surface area contributed by atoms with Crippen LogP contribution < -0.4 is 5.73 Å². The molecule has 1 atom stereocenters. The molecule has 3 N–H and O–H groups in total. The van der Waals surface area contributed by atoms with Crippen molar-refractivity contribution in [3.63, 3.8) is 0 Å². The minimum Gasteiger partial charge on any atom is -0.445 e. The van der Waals surface area contributed by atoms with Gasteiger partial charge in [-0.05, 0) is 5.56 Å². The van der Waals surface area contributed by atoms with E-state index in [0.717, 1.165) is 5.56 Å². The summed E-state index contributed by atoms with van der Waals surface area (Å²) >= 11 is 0. The Balaban J connectivity index is 1.87. The van der Waals surface area contributed by atoms with Gasteiger partial charge in [0.25, 0.3) is 5.91 Å². The summed E-state index contributed by atoms with van der Waals surface area (Å²) in [6.07, 6.45) is -0.413. The van der Waals surface area contributed by atoms with Gasteiger partial charge in [0.05, 0.1) is 6.54 Å². The maximum absolute atomic E-state index is 11.8. The average Bonchev–Trinajstić information content (AvgIpc) is 2.81. The first-order valence-electron chi connectivity index (χ1n) is 5.99. The number of nitrogens with zero attached hydrogens (tertiary/aromatic N) is 1. The third kappa shape index (κ3) is 3.03. The molecule has 1 saturated heterocycles. The quantitative estimate of drug-likeness (QED) is 0.818. The number of aliphatic hydroxyl groups is 1. The van der Waals surface area contributed by atoms with E-state index >= 15 is 0 Å². The van der Waals surface area contributed by atoms with Gasteiger partial charge in [0.2, 0.25) is 0 Å². The van der Waals surface area contributed by atoms with Crippen LogP contribution in [0.5, 0.6) is 0 Å². The zero-order chi connectivity index (χ0) is 13.9. The van der Waals surface area contributed by atoms with Gasteiger partial charge in [0, 0.05) is 13.0 Å². The molecule has 19 heavy (non-hydrogen) atoms. The molecule has 0 aromatic heterocycles. The van der Waals surface area contributed by atoms with Crippen molar-refractivity contribution in [2.24, 2.45) is 5.73 Å². The van der Waals surface area contributed by atoms with E-state index in [2.05, 4.69) is 0 Å². The Morgan fingerprint density at radius 1 is 1.37 bits per heavy atom. The highest BCUT2D eigenvalue weighted by Crippen LogP contribution is 2.21. The molecule has 0 aliphatic carbocycles. The van der Waals surface area contributed by atoms with Gasteiger partial charge in [0.1, 0.15) is 6.61 Å². The molecule has 0 saturated carbocycles. The molecule has 1 unspecified atom stereocenters. The molecule has 0 bridgehead atoms. The number of hydrogen-bond donors (Lipinski definition) is 2. The normalized spacial score (nSPS) is 22.3. The van der Waals surface area contributed by atoms with Crippen molar-refractivity contribution in [1.29, 1.82) is 0 Å². The lowest BCUT2D eigenvalue weighted by atomic mass is 10.0. The van der Waals surface area contributed by atoms with E-state index in [1.165, 1.54) is 4.90 Å². The Morgan fingerprint density at radius 2 is 2.05 bits per heavy atom. The topological polar surface area (TPSA) is 92.9 Å². The second kappa shape index (κ2) is 5.27. The number of hydrogen-bond acceptors (Lipinski definition) is 4. The number of ether oxygens (including phenoxy) is 1. The number of carbonyl (C=O) groups excluding carboxylic acids is 2. The summed E-state index contributed by atoms with van der Waals surface area (Å²) in [4.78, 5) is 24.1. The third-order valence-electron chi connectivity index (χ3n) is 3.17. The molecule has 2 amide bonds. The van der Waals surface area contributed by atoms with E-state index in [1.807, 2.05) is 30.3 Å². The van der Waals surface area contributed by atoms with Gasteiger partial charge >= 0.3 is 6.09 Å². The zero-order valence-electron chi connectivity index (χ0n) is 10.4. The molecular formula is C13H16N2O4. The van der Waals surface area contributed by atoms with Crippen molar-refractivity contribution in [1.82, 2.24) is 4.90 Å². The Kier molecular flexibility index (Phi) is 3.71. The second-order valence-corrected chi connectivity index (χ2v) is 4.61. The van der Waals surface area contributed by atoms with Crippen LogP contribution in [-0.4, -0.2) is 40.7 Å². The summed E-state index contributed by atoms with van der Waals surface area (Å²) in [5, 5.41) is 9.85. The van der Waals surface area contributed by atoms with Crippen LogP contribution in [0, 0.1) is 0 Å². The van der Waals surface area contributed by atoms with Crippen LogP contribution in [0.15, 0.2) is 30.3 Å². The van der Waals surface area contributed by atoms with Gasteiger partial charge < -0.3 is 20.5 Å². The van der Waals surface area contributed by atoms with E-state index in [0.29, 0.717) is 0 Å². The number of benzene rings is 1. The molecule has 0 spiro atoms. The number of amides is 2. The van der Waals surface area contributed by atoms with Gasteiger partial charge in [-0.2, -0.15) is 0 Å². The van der Waals surface area contributed by atoms with Crippen LogP contribution in [0.25, 0.3) is 0 Å². The monoisotopic (exact) mass is 264 g/mol. The predicted molar refractivity (Wildman–Crippen MR) is 67.0 cm³/mol. The Bertz CT molecular complexity index is 477. The molecule has 1 aliphatic heterocycles. The lowest BCUT2D eigenvalue weighted by Gasteiger charge is -2.19. The number of likely N-dealkylation sites (tertiary alicyclic amines) is 1. The van der Waals surface area contributed by atoms with Crippen LogP contribution in [0.4, 0.5) is 4.79 Å². The van der Waals surface area contributed by atoms with E-state index in [1.54, 1.807) is 0 Å². The first-order chi connectivity index (χ1) is 9.01. The Labute approximate surface area is 110 Å². The van der Waals surface area contributed by atoms with Crippen LogP contribution >= 0.6 is 0 Å². The van der Waals surface area contributed by atoms with Crippen molar-refractivity contribution < 1.29 is 19.4 Å². The summed E-state index contributed by atoms with van der Waals surface area (Å²) in [6, 6.07) is 9.27. The second-order valence-electron chi connectivity index (χ2n) is 4.61. The van der Waals surface area contributed by atoms with Crippen LogP contribution in [0.1, 0.15) is 12.0 Å². The van der Waals surface area contributed by atoms with Gasteiger partial charge in [0.15, 0.2) is 5.60 Å². The van der Waals surface area contributed by atoms with Crippen molar-refractivity contribution in [2.75, 3.05) is 13.1 Å². The zero-order valence-corrected chi connectivity index (χ0v) is 10.4. The summed E-state index contributed by atoms with van der Waals surface area (Å²) < 4.78 is 5.11. The Morgan fingerprint density at radius 3 is 2.63 bits per heavy atom. The number of primary amides is 1. The maximum atomic E-state index is 11.8. The van der Waals surface area contributed by atoms with E-state index in [4.69, 9.17) is 10.5 Å². The average molecular weight is 264 g/mol. The predicted octanol–water partition coefficient (Wildman–Crippen LogP) is 0.245. The fourth-order valence-corrected chi connectivity index (χ4v) is 1.96. The number of β-amino-alcohol motifs (C(OH)–C–C–N with tert-alkyl or cyclic N) is 1. The van der Waals surface area contributed by atoms with Gasteiger partial charge in [-0.1, -0.05) is 30.3 Å². The molecule has 6 heteroatoms. The number of nitrogens with two attached hydrogens (primary N) is 1. The smallest absolute Gasteiger partial charge is 0.410 e. The van der Waals surface area contributed by atoms with Crippen molar-refractivity contribution in [3.05, 3.63) is 35.9 Å². The summed E-state index contributed by atoms with van der Waals surface area (Å²) in [7, 11) is 0. The molecule has 1 aliphatic rings. The highest BCUT2D eigenvalue weighted by Gasteiger charge is 2.43. The fraction of sp³-hybridized carbons (Fsp3) is 0.385. The molecule has 1 fully saturated rings. The van der Waals surface area contributed by atoms with E-state index in [9.17, 15) is 14.7 Å². The van der Waals surface area contributed by atoms with Crippen molar-refractivity contribution in [3.8, 4) is 0 Å². The standard InChI is InChI=1S/C13H16N2O4/c14-11(16)13(18)6-7-15(9-13)12(17)19-8-10-4-2-1-3-5-10/h1-5,18H,6-9H2,(H2,14,16). The van der Waals surface area contributed by atoms with Gasteiger partial charge in [-0.25, -0.2) is 4.79 Å². The van der Waals surface area contributed by atoms with Crippen LogP contribution in [0.3, 0.4) is 0 Å². The minimum absolute atomic E-state index is 0.115. The molecule has 2 rings (SSSR count). The largest absolute Gasteiger partial charge is 0.445 e. The Hall–Kier alpha value is -2.08. The van der Waals surface area contributed by atoms with Crippen LogP contribution in [0.2, 0.25) is 0 Å². The van der Waals surface area contributed by atoms with Crippen molar-refractivity contribution in [2.45, 2.75) is 18.6 Å². The molecule has 102 valence electrons. The fourth-order valence-electron chi connectivity index (χ4n) is 1.96. The summed E-state index contributed by atoms with van der Waals surface area (Å²) in [5.41, 5.74) is 4.33. The molecule has 1 heterocycles. The maximum Gasteiger partial charge on any atom is 0.410 e. The molecule has 1 aromatic rings. The highest BCUT2D eigenvalue weighted by atomic mass is 16.6. The highest BCUT2D eigenvalue weighted by molar-refractivity contribution is 5.85.